The predicted octanol–water partition coefficient (Wildman–Crippen LogP) is 2.47. The first-order valence-electron chi connectivity index (χ1n) is 6.31. The fourth-order valence-corrected chi connectivity index (χ4v) is 3.76. The van der Waals surface area contributed by atoms with Gasteiger partial charge in [-0.25, -0.2) is 4.98 Å². The molecule has 1 aliphatic heterocycles. The number of anilines is 1. The molecule has 3 rings (SSSR count). The maximum atomic E-state index is 6.37. The number of ether oxygens (including phenoxy) is 1. The van der Waals surface area contributed by atoms with Crippen LogP contribution in [0.1, 0.15) is 39.5 Å². The van der Waals surface area contributed by atoms with Crippen LogP contribution in [0.25, 0.3) is 0 Å². The number of hydrogen-bond acceptors (Lipinski definition) is 5. The third-order valence-electron chi connectivity index (χ3n) is 3.68. The molecule has 1 saturated heterocycles. The second-order valence-corrected chi connectivity index (χ2v) is 6.59. The van der Waals surface area contributed by atoms with E-state index in [4.69, 9.17) is 4.74 Å². The van der Waals surface area contributed by atoms with Crippen molar-refractivity contribution in [3.05, 3.63) is 6.33 Å². The molecule has 2 aliphatic rings. The summed E-state index contributed by atoms with van der Waals surface area (Å²) in [5.41, 5.74) is -0.0261. The van der Waals surface area contributed by atoms with Gasteiger partial charge in [0.1, 0.15) is 6.33 Å². The van der Waals surface area contributed by atoms with Crippen LogP contribution in [0.3, 0.4) is 0 Å². The van der Waals surface area contributed by atoms with Gasteiger partial charge in [0.25, 0.3) is 0 Å². The van der Waals surface area contributed by atoms with E-state index in [1.165, 1.54) is 37.2 Å². The van der Waals surface area contributed by atoms with Crippen molar-refractivity contribution in [2.24, 2.45) is 0 Å². The maximum absolute atomic E-state index is 6.37. The number of aromatic nitrogens is 2. The summed E-state index contributed by atoms with van der Waals surface area (Å²) in [5, 5.41) is 1.03. The Morgan fingerprint density at radius 3 is 2.71 bits per heavy atom. The van der Waals surface area contributed by atoms with Gasteiger partial charge >= 0.3 is 0 Å². The van der Waals surface area contributed by atoms with Gasteiger partial charge in [-0.15, -0.1) is 0 Å². The van der Waals surface area contributed by atoms with Crippen LogP contribution < -0.4 is 4.90 Å². The number of rotatable bonds is 1. The molecular weight excluding hydrogens is 234 g/mol. The van der Waals surface area contributed by atoms with E-state index in [1.54, 1.807) is 6.33 Å². The Morgan fingerprint density at radius 1 is 1.29 bits per heavy atom. The van der Waals surface area contributed by atoms with Crippen LogP contribution >= 0.6 is 11.5 Å². The largest absolute Gasteiger partial charge is 0.365 e. The summed E-state index contributed by atoms with van der Waals surface area (Å²) in [4.78, 5) is 6.69. The molecule has 1 aromatic heterocycles. The van der Waals surface area contributed by atoms with E-state index >= 15 is 0 Å². The Morgan fingerprint density at radius 2 is 2.06 bits per heavy atom. The monoisotopic (exact) mass is 253 g/mol. The second kappa shape index (κ2) is 3.92. The molecule has 0 unspecified atom stereocenters. The first-order valence-corrected chi connectivity index (χ1v) is 7.08. The molecule has 1 aliphatic carbocycles. The lowest BCUT2D eigenvalue weighted by atomic mass is 9.94. The van der Waals surface area contributed by atoms with E-state index in [2.05, 4.69) is 28.1 Å². The van der Waals surface area contributed by atoms with Crippen molar-refractivity contribution >= 4 is 16.7 Å². The fraction of sp³-hybridized carbons (Fsp3) is 0.833. The van der Waals surface area contributed by atoms with Crippen LogP contribution in [0.15, 0.2) is 6.33 Å². The highest BCUT2D eigenvalue weighted by Gasteiger charge is 2.46. The highest BCUT2D eigenvalue weighted by Crippen LogP contribution is 2.41. The average Bonchev–Trinajstić information content (AvgIpc) is 2.86. The van der Waals surface area contributed by atoms with E-state index in [0.29, 0.717) is 0 Å². The summed E-state index contributed by atoms with van der Waals surface area (Å²) in [5.74, 6) is 0. The van der Waals surface area contributed by atoms with E-state index in [0.717, 1.165) is 18.2 Å². The minimum Gasteiger partial charge on any atom is -0.365 e. The van der Waals surface area contributed by atoms with Gasteiger partial charge in [-0.1, -0.05) is 12.8 Å². The van der Waals surface area contributed by atoms with Crippen molar-refractivity contribution < 1.29 is 4.74 Å². The Labute approximate surface area is 106 Å². The quantitative estimate of drug-likeness (QED) is 0.770. The van der Waals surface area contributed by atoms with Crippen LogP contribution in [0.5, 0.6) is 0 Å². The Hall–Kier alpha value is -0.680. The highest BCUT2D eigenvalue weighted by molar-refractivity contribution is 7.09. The molecule has 1 aromatic rings. The number of nitrogens with zero attached hydrogens (tertiary/aromatic N) is 3. The van der Waals surface area contributed by atoms with Crippen molar-refractivity contribution in [1.29, 1.82) is 0 Å². The summed E-state index contributed by atoms with van der Waals surface area (Å²) < 4.78 is 10.5. The van der Waals surface area contributed by atoms with Gasteiger partial charge in [-0.3, -0.25) is 0 Å². The third kappa shape index (κ3) is 2.18. The van der Waals surface area contributed by atoms with Crippen molar-refractivity contribution in [1.82, 2.24) is 9.36 Å². The molecule has 0 bridgehead atoms. The third-order valence-corrected chi connectivity index (χ3v) is 4.41. The minimum absolute atomic E-state index is 0.0629. The molecule has 2 fully saturated rings. The molecule has 5 heteroatoms. The van der Waals surface area contributed by atoms with Gasteiger partial charge in [0.05, 0.1) is 11.2 Å². The fourth-order valence-electron chi connectivity index (χ4n) is 3.24. The normalized spacial score (nSPS) is 26.6. The molecule has 17 heavy (non-hydrogen) atoms. The molecule has 1 spiro atoms. The Kier molecular flexibility index (Phi) is 2.63. The molecule has 0 atom stereocenters. The lowest BCUT2D eigenvalue weighted by Crippen LogP contribution is -2.58. The number of hydrogen-bond donors (Lipinski definition) is 0. The summed E-state index contributed by atoms with van der Waals surface area (Å²) >= 11 is 1.48. The summed E-state index contributed by atoms with van der Waals surface area (Å²) in [7, 11) is 0. The highest BCUT2D eigenvalue weighted by atomic mass is 32.1. The van der Waals surface area contributed by atoms with Crippen LogP contribution in [-0.2, 0) is 4.74 Å². The maximum Gasteiger partial charge on any atom is 0.205 e. The lowest BCUT2D eigenvalue weighted by molar-refractivity contribution is -0.148. The van der Waals surface area contributed by atoms with Crippen molar-refractivity contribution in [3.63, 3.8) is 0 Å². The van der Waals surface area contributed by atoms with Crippen LogP contribution in [0.2, 0.25) is 0 Å². The smallest absolute Gasteiger partial charge is 0.205 e. The van der Waals surface area contributed by atoms with Crippen LogP contribution in [-0.4, -0.2) is 33.6 Å². The SMILES string of the molecule is CC1(C)CN(c2ncns2)CC2(CCCC2)O1. The van der Waals surface area contributed by atoms with Gasteiger partial charge in [0.2, 0.25) is 5.13 Å². The Bertz CT molecular complexity index is 384. The molecule has 0 N–H and O–H groups in total. The predicted molar refractivity (Wildman–Crippen MR) is 68.5 cm³/mol. The van der Waals surface area contributed by atoms with Gasteiger partial charge in [-0.05, 0) is 26.7 Å². The van der Waals surface area contributed by atoms with Crippen LogP contribution in [0, 0.1) is 0 Å². The standard InChI is InChI=1S/C12H19N3OS/c1-11(2)7-15(10-13-9-14-17-10)8-12(16-11)5-3-4-6-12/h9H,3-8H2,1-2H3. The zero-order chi connectivity index (χ0) is 11.9. The molecule has 0 radical (unpaired) electrons. The van der Waals surface area contributed by atoms with Gasteiger partial charge in [0, 0.05) is 24.6 Å². The van der Waals surface area contributed by atoms with Gasteiger partial charge in [-0.2, -0.15) is 4.37 Å². The topological polar surface area (TPSA) is 38.2 Å². The first-order chi connectivity index (χ1) is 8.09. The zero-order valence-corrected chi connectivity index (χ0v) is 11.3. The van der Waals surface area contributed by atoms with E-state index in [-0.39, 0.29) is 11.2 Å². The van der Waals surface area contributed by atoms with E-state index in [9.17, 15) is 0 Å². The van der Waals surface area contributed by atoms with E-state index in [1.807, 2.05) is 0 Å². The van der Waals surface area contributed by atoms with Crippen LogP contribution in [0.4, 0.5) is 5.13 Å². The number of morpholine rings is 1. The molecular formula is C12H19N3OS. The van der Waals surface area contributed by atoms with Crippen molar-refractivity contribution in [2.75, 3.05) is 18.0 Å². The van der Waals surface area contributed by atoms with Gasteiger partial charge < -0.3 is 9.64 Å². The molecule has 0 amide bonds. The zero-order valence-electron chi connectivity index (χ0n) is 10.5. The summed E-state index contributed by atoms with van der Waals surface area (Å²) in [6.45, 7) is 6.25. The minimum atomic E-state index is -0.0890. The molecule has 1 saturated carbocycles. The van der Waals surface area contributed by atoms with Gasteiger partial charge in [0.15, 0.2) is 0 Å². The molecule has 0 aromatic carbocycles. The van der Waals surface area contributed by atoms with Crippen molar-refractivity contribution in [2.45, 2.75) is 50.7 Å². The average molecular weight is 253 g/mol. The van der Waals surface area contributed by atoms with E-state index < -0.39 is 0 Å². The molecule has 94 valence electrons. The molecule has 4 nitrogen and oxygen atoms in total. The molecule has 2 heterocycles. The van der Waals surface area contributed by atoms with Crippen molar-refractivity contribution in [3.8, 4) is 0 Å². The lowest BCUT2D eigenvalue weighted by Gasteiger charge is -2.48. The summed E-state index contributed by atoms with van der Waals surface area (Å²) in [6, 6.07) is 0. The first kappa shape index (κ1) is 11.4. The summed E-state index contributed by atoms with van der Waals surface area (Å²) in [6.07, 6.45) is 6.60. The second-order valence-electron chi connectivity index (χ2n) is 5.83. The Balaban J connectivity index is 1.86.